The van der Waals surface area contributed by atoms with Crippen LogP contribution in [0.25, 0.3) is 0 Å². The molecule has 1 unspecified atom stereocenters. The minimum atomic E-state index is -0.0889. The van der Waals surface area contributed by atoms with Crippen molar-refractivity contribution in [2.24, 2.45) is 0 Å². The Bertz CT molecular complexity index is 1030. The molecule has 0 fully saturated rings. The Morgan fingerprint density at radius 2 is 2.04 bits per heavy atom. The number of rotatable bonds is 5. The van der Waals surface area contributed by atoms with Crippen LogP contribution in [0.3, 0.4) is 0 Å². The Hall–Kier alpha value is -2.99. The number of aromatic amines is 1. The van der Waals surface area contributed by atoms with E-state index < -0.39 is 0 Å². The second-order valence-corrected chi connectivity index (χ2v) is 7.11. The SMILES string of the molecule is COc1cc(C2CC(=O)Nc3n[nH]c(C)c32)ccc1OCc1ccccc1Cl. The molecule has 144 valence electrons. The quantitative estimate of drug-likeness (QED) is 0.667. The lowest BCUT2D eigenvalue weighted by Crippen LogP contribution is -2.23. The zero-order chi connectivity index (χ0) is 19.7. The first-order valence-corrected chi connectivity index (χ1v) is 9.33. The van der Waals surface area contributed by atoms with Gasteiger partial charge in [-0.3, -0.25) is 9.89 Å². The first-order valence-electron chi connectivity index (χ1n) is 8.95. The molecule has 2 aromatic carbocycles. The van der Waals surface area contributed by atoms with Crippen molar-refractivity contribution in [2.45, 2.75) is 25.9 Å². The van der Waals surface area contributed by atoms with E-state index in [0.717, 1.165) is 22.4 Å². The molecule has 1 atom stereocenters. The molecule has 7 heteroatoms. The minimum absolute atomic E-state index is 0.0537. The van der Waals surface area contributed by atoms with E-state index in [1.165, 1.54) is 0 Å². The summed E-state index contributed by atoms with van der Waals surface area (Å²) < 4.78 is 11.5. The lowest BCUT2D eigenvalue weighted by molar-refractivity contribution is -0.116. The zero-order valence-electron chi connectivity index (χ0n) is 15.6. The third-order valence-corrected chi connectivity index (χ3v) is 5.29. The minimum Gasteiger partial charge on any atom is -0.493 e. The van der Waals surface area contributed by atoms with Gasteiger partial charge in [0, 0.05) is 34.2 Å². The van der Waals surface area contributed by atoms with E-state index in [2.05, 4.69) is 15.5 Å². The molecule has 1 aliphatic rings. The van der Waals surface area contributed by atoms with Gasteiger partial charge < -0.3 is 14.8 Å². The molecule has 2 N–H and O–H groups in total. The molecule has 2 heterocycles. The standard InChI is InChI=1S/C21H20ClN3O3/c1-12-20-15(10-19(26)23-21(20)25-24-12)13-7-8-17(18(9-13)27-2)28-11-14-5-3-4-6-16(14)22/h3-9,15H,10-11H2,1-2H3,(H2,23,24,25,26). The fraction of sp³-hybridized carbons (Fsp3) is 0.238. The number of carbonyl (C=O) groups is 1. The molecule has 0 radical (unpaired) electrons. The smallest absolute Gasteiger partial charge is 0.226 e. The summed E-state index contributed by atoms with van der Waals surface area (Å²) >= 11 is 6.20. The van der Waals surface area contributed by atoms with Gasteiger partial charge in [-0.05, 0) is 30.7 Å². The number of nitrogens with zero attached hydrogens (tertiary/aromatic N) is 1. The van der Waals surface area contributed by atoms with Crippen molar-refractivity contribution in [3.05, 3.63) is 69.9 Å². The number of nitrogens with one attached hydrogen (secondary N) is 2. The lowest BCUT2D eigenvalue weighted by Gasteiger charge is -2.24. The van der Waals surface area contributed by atoms with Crippen molar-refractivity contribution in [3.63, 3.8) is 0 Å². The predicted molar refractivity (Wildman–Crippen MR) is 107 cm³/mol. The van der Waals surface area contributed by atoms with Crippen LogP contribution in [0.2, 0.25) is 5.02 Å². The Balaban J connectivity index is 1.62. The highest BCUT2D eigenvalue weighted by molar-refractivity contribution is 6.31. The number of aromatic nitrogens is 2. The average molecular weight is 398 g/mol. The Morgan fingerprint density at radius 3 is 2.82 bits per heavy atom. The summed E-state index contributed by atoms with van der Waals surface area (Å²) in [6.07, 6.45) is 0.357. The summed E-state index contributed by atoms with van der Waals surface area (Å²) in [5.74, 6) is 1.68. The number of ether oxygens (including phenoxy) is 2. The average Bonchev–Trinajstić information content (AvgIpc) is 3.07. The third kappa shape index (κ3) is 3.43. The molecule has 1 aromatic heterocycles. The van der Waals surface area contributed by atoms with Crippen LogP contribution in [0, 0.1) is 6.92 Å². The van der Waals surface area contributed by atoms with Crippen molar-refractivity contribution in [1.82, 2.24) is 10.2 Å². The van der Waals surface area contributed by atoms with Crippen molar-refractivity contribution in [1.29, 1.82) is 0 Å². The van der Waals surface area contributed by atoms with E-state index in [0.29, 0.717) is 35.4 Å². The Labute approximate surface area is 167 Å². The molecule has 4 rings (SSSR count). The zero-order valence-corrected chi connectivity index (χ0v) is 16.3. The Kier molecular flexibility index (Phi) is 4.96. The van der Waals surface area contributed by atoms with Gasteiger partial charge in [0.1, 0.15) is 6.61 Å². The molecule has 6 nitrogen and oxygen atoms in total. The van der Waals surface area contributed by atoms with E-state index in [1.807, 2.05) is 49.4 Å². The maximum atomic E-state index is 12.1. The van der Waals surface area contributed by atoms with Gasteiger partial charge in [-0.1, -0.05) is 35.9 Å². The van der Waals surface area contributed by atoms with Gasteiger partial charge in [0.15, 0.2) is 17.3 Å². The number of aryl methyl sites for hydroxylation is 1. The topological polar surface area (TPSA) is 76.2 Å². The van der Waals surface area contributed by atoms with Gasteiger partial charge in [-0.2, -0.15) is 5.10 Å². The van der Waals surface area contributed by atoms with Crippen LogP contribution in [0.5, 0.6) is 11.5 Å². The number of H-pyrrole nitrogens is 1. The number of fused-ring (bicyclic) bond motifs is 1. The van der Waals surface area contributed by atoms with Gasteiger partial charge in [0.2, 0.25) is 5.91 Å². The monoisotopic (exact) mass is 397 g/mol. The molecule has 0 spiro atoms. The number of hydrogen-bond donors (Lipinski definition) is 2. The number of halogens is 1. The summed E-state index contributed by atoms with van der Waals surface area (Å²) in [5, 5.41) is 10.6. The van der Waals surface area contributed by atoms with Crippen molar-refractivity contribution in [2.75, 3.05) is 12.4 Å². The fourth-order valence-electron chi connectivity index (χ4n) is 3.51. The normalized spacial score (nSPS) is 15.7. The first-order chi connectivity index (χ1) is 13.6. The first kappa shape index (κ1) is 18.4. The van der Waals surface area contributed by atoms with E-state index in [9.17, 15) is 4.79 Å². The molecule has 0 saturated heterocycles. The van der Waals surface area contributed by atoms with Gasteiger partial charge in [0.05, 0.1) is 7.11 Å². The fourth-order valence-corrected chi connectivity index (χ4v) is 3.70. The van der Waals surface area contributed by atoms with Crippen LogP contribution in [-0.2, 0) is 11.4 Å². The molecule has 0 aliphatic carbocycles. The van der Waals surface area contributed by atoms with Crippen LogP contribution in [-0.4, -0.2) is 23.2 Å². The van der Waals surface area contributed by atoms with E-state index >= 15 is 0 Å². The van der Waals surface area contributed by atoms with Crippen LogP contribution >= 0.6 is 11.6 Å². The molecule has 0 bridgehead atoms. The number of anilines is 1. The van der Waals surface area contributed by atoms with Crippen LogP contribution in [0.15, 0.2) is 42.5 Å². The highest BCUT2D eigenvalue weighted by Gasteiger charge is 2.31. The summed E-state index contributed by atoms with van der Waals surface area (Å²) in [5.41, 5.74) is 3.82. The molecule has 3 aromatic rings. The summed E-state index contributed by atoms with van der Waals surface area (Å²) in [6, 6.07) is 13.3. The summed E-state index contributed by atoms with van der Waals surface area (Å²) in [7, 11) is 1.60. The van der Waals surface area contributed by atoms with E-state index in [1.54, 1.807) is 7.11 Å². The Morgan fingerprint density at radius 1 is 1.21 bits per heavy atom. The molecule has 0 saturated carbocycles. The van der Waals surface area contributed by atoms with E-state index in [-0.39, 0.29) is 11.8 Å². The molecule has 1 amide bonds. The van der Waals surface area contributed by atoms with Crippen LogP contribution in [0.1, 0.15) is 34.7 Å². The second kappa shape index (κ2) is 7.56. The van der Waals surface area contributed by atoms with Gasteiger partial charge in [-0.15, -0.1) is 0 Å². The number of methoxy groups -OCH3 is 1. The number of benzene rings is 2. The number of carbonyl (C=O) groups excluding carboxylic acids is 1. The molecular formula is C21H20ClN3O3. The summed E-state index contributed by atoms with van der Waals surface area (Å²) in [6.45, 7) is 2.29. The molecular weight excluding hydrogens is 378 g/mol. The van der Waals surface area contributed by atoms with Crippen molar-refractivity contribution in [3.8, 4) is 11.5 Å². The number of hydrogen-bond acceptors (Lipinski definition) is 4. The highest BCUT2D eigenvalue weighted by Crippen LogP contribution is 2.40. The second-order valence-electron chi connectivity index (χ2n) is 6.71. The van der Waals surface area contributed by atoms with Crippen LogP contribution < -0.4 is 14.8 Å². The van der Waals surface area contributed by atoms with Gasteiger partial charge in [-0.25, -0.2) is 0 Å². The van der Waals surface area contributed by atoms with Crippen molar-refractivity contribution < 1.29 is 14.3 Å². The van der Waals surface area contributed by atoms with E-state index in [4.69, 9.17) is 21.1 Å². The molecule has 1 aliphatic heterocycles. The number of amides is 1. The maximum absolute atomic E-state index is 12.1. The molecule has 28 heavy (non-hydrogen) atoms. The van der Waals surface area contributed by atoms with Gasteiger partial charge >= 0.3 is 0 Å². The summed E-state index contributed by atoms with van der Waals surface area (Å²) in [4.78, 5) is 12.1. The highest BCUT2D eigenvalue weighted by atomic mass is 35.5. The third-order valence-electron chi connectivity index (χ3n) is 4.92. The maximum Gasteiger partial charge on any atom is 0.226 e. The predicted octanol–water partition coefficient (Wildman–Crippen LogP) is 4.43. The lowest BCUT2D eigenvalue weighted by atomic mass is 9.85. The van der Waals surface area contributed by atoms with Crippen molar-refractivity contribution >= 4 is 23.3 Å². The van der Waals surface area contributed by atoms with Crippen LogP contribution in [0.4, 0.5) is 5.82 Å². The largest absolute Gasteiger partial charge is 0.493 e. The van der Waals surface area contributed by atoms with Gasteiger partial charge in [0.25, 0.3) is 0 Å².